The fourth-order valence-electron chi connectivity index (χ4n) is 1.79. The molecule has 1 N–H and O–H groups in total. The van der Waals surface area contributed by atoms with E-state index in [0.717, 1.165) is 11.3 Å². The highest BCUT2D eigenvalue weighted by molar-refractivity contribution is 5.78. The zero-order chi connectivity index (χ0) is 13.0. The number of rotatable bonds is 4. The first kappa shape index (κ1) is 12.2. The standard InChI is InChI=1S/C13H15N3O2/c1-14-13-11(15-7-8-16-13)9-5-4-6-10(17-2)12(9)18-3/h4-8H,1-3H3,(H,14,16). The fourth-order valence-corrected chi connectivity index (χ4v) is 1.79. The van der Waals surface area contributed by atoms with Crippen molar-refractivity contribution in [2.45, 2.75) is 0 Å². The zero-order valence-corrected chi connectivity index (χ0v) is 10.6. The molecule has 18 heavy (non-hydrogen) atoms. The molecule has 0 unspecified atom stereocenters. The summed E-state index contributed by atoms with van der Waals surface area (Å²) in [6, 6.07) is 5.66. The molecule has 0 fully saturated rings. The fraction of sp³-hybridized carbons (Fsp3) is 0.231. The average molecular weight is 245 g/mol. The van der Waals surface area contributed by atoms with Crippen molar-refractivity contribution < 1.29 is 9.47 Å². The number of para-hydroxylation sites is 1. The third kappa shape index (κ3) is 2.07. The zero-order valence-electron chi connectivity index (χ0n) is 10.6. The van der Waals surface area contributed by atoms with Crippen LogP contribution >= 0.6 is 0 Å². The summed E-state index contributed by atoms with van der Waals surface area (Å²) in [5.74, 6) is 2.02. The van der Waals surface area contributed by atoms with Gasteiger partial charge in [-0.1, -0.05) is 6.07 Å². The molecule has 1 heterocycles. The number of hydrogen-bond acceptors (Lipinski definition) is 5. The number of methoxy groups -OCH3 is 2. The van der Waals surface area contributed by atoms with Gasteiger partial charge in [-0.25, -0.2) is 4.98 Å². The van der Waals surface area contributed by atoms with E-state index in [4.69, 9.17) is 9.47 Å². The Bertz CT molecular complexity index is 544. The Morgan fingerprint density at radius 1 is 1.06 bits per heavy atom. The van der Waals surface area contributed by atoms with Gasteiger partial charge in [0.25, 0.3) is 0 Å². The summed E-state index contributed by atoms with van der Waals surface area (Å²) in [4.78, 5) is 8.58. The number of hydrogen-bond donors (Lipinski definition) is 1. The summed E-state index contributed by atoms with van der Waals surface area (Å²) >= 11 is 0. The van der Waals surface area contributed by atoms with Gasteiger partial charge in [-0.3, -0.25) is 4.98 Å². The molecule has 0 radical (unpaired) electrons. The Morgan fingerprint density at radius 2 is 1.83 bits per heavy atom. The van der Waals surface area contributed by atoms with Crippen LogP contribution in [0.5, 0.6) is 11.5 Å². The monoisotopic (exact) mass is 245 g/mol. The first-order valence-corrected chi connectivity index (χ1v) is 5.52. The van der Waals surface area contributed by atoms with Gasteiger partial charge in [0.1, 0.15) is 5.69 Å². The summed E-state index contributed by atoms with van der Waals surface area (Å²) in [5, 5.41) is 3.01. The summed E-state index contributed by atoms with van der Waals surface area (Å²) in [7, 11) is 5.02. The van der Waals surface area contributed by atoms with Crippen LogP contribution < -0.4 is 14.8 Å². The molecule has 5 heteroatoms. The highest BCUT2D eigenvalue weighted by Crippen LogP contribution is 2.38. The molecule has 0 aliphatic carbocycles. The molecule has 0 bridgehead atoms. The Balaban J connectivity index is 2.63. The molecule has 0 aliphatic rings. The SMILES string of the molecule is CNc1nccnc1-c1cccc(OC)c1OC. The van der Waals surface area contributed by atoms with Crippen molar-refractivity contribution >= 4 is 5.82 Å². The second-order valence-corrected chi connectivity index (χ2v) is 3.54. The van der Waals surface area contributed by atoms with E-state index >= 15 is 0 Å². The van der Waals surface area contributed by atoms with E-state index in [0.29, 0.717) is 17.3 Å². The van der Waals surface area contributed by atoms with Crippen LogP contribution in [0.3, 0.4) is 0 Å². The Hall–Kier alpha value is -2.30. The van der Waals surface area contributed by atoms with Gasteiger partial charge in [0.05, 0.1) is 14.2 Å². The average Bonchev–Trinajstić information content (AvgIpc) is 2.46. The van der Waals surface area contributed by atoms with Crippen molar-refractivity contribution in [2.75, 3.05) is 26.6 Å². The summed E-state index contributed by atoms with van der Waals surface area (Å²) in [6.07, 6.45) is 3.29. The van der Waals surface area contributed by atoms with Gasteiger partial charge in [-0.05, 0) is 12.1 Å². The summed E-state index contributed by atoms with van der Waals surface area (Å²) in [5.41, 5.74) is 1.57. The van der Waals surface area contributed by atoms with E-state index < -0.39 is 0 Å². The molecule has 2 rings (SSSR count). The van der Waals surface area contributed by atoms with E-state index in [-0.39, 0.29) is 0 Å². The molecule has 1 aromatic carbocycles. The highest BCUT2D eigenvalue weighted by atomic mass is 16.5. The van der Waals surface area contributed by atoms with Gasteiger partial charge in [0.2, 0.25) is 0 Å². The second kappa shape index (κ2) is 5.35. The molecule has 94 valence electrons. The lowest BCUT2D eigenvalue weighted by molar-refractivity contribution is 0.356. The van der Waals surface area contributed by atoms with Gasteiger partial charge in [-0.15, -0.1) is 0 Å². The smallest absolute Gasteiger partial charge is 0.170 e. The van der Waals surface area contributed by atoms with Crippen molar-refractivity contribution in [1.82, 2.24) is 9.97 Å². The van der Waals surface area contributed by atoms with E-state index in [1.54, 1.807) is 33.7 Å². The van der Waals surface area contributed by atoms with Crippen molar-refractivity contribution in [3.63, 3.8) is 0 Å². The maximum Gasteiger partial charge on any atom is 0.170 e. The van der Waals surface area contributed by atoms with E-state index in [1.165, 1.54) is 0 Å². The van der Waals surface area contributed by atoms with Crippen LogP contribution in [0.15, 0.2) is 30.6 Å². The predicted octanol–water partition coefficient (Wildman–Crippen LogP) is 2.20. The Morgan fingerprint density at radius 3 is 2.50 bits per heavy atom. The minimum Gasteiger partial charge on any atom is -0.493 e. The van der Waals surface area contributed by atoms with Crippen LogP contribution in [0.1, 0.15) is 0 Å². The molecule has 0 saturated carbocycles. The first-order valence-electron chi connectivity index (χ1n) is 5.52. The molecule has 5 nitrogen and oxygen atoms in total. The van der Waals surface area contributed by atoms with E-state index in [1.807, 2.05) is 18.2 Å². The Kier molecular flexibility index (Phi) is 3.62. The number of aromatic nitrogens is 2. The van der Waals surface area contributed by atoms with Crippen LogP contribution in [0.25, 0.3) is 11.3 Å². The number of ether oxygens (including phenoxy) is 2. The molecule has 2 aromatic rings. The van der Waals surface area contributed by atoms with Crippen LogP contribution in [0.2, 0.25) is 0 Å². The minimum absolute atomic E-state index is 0.650. The van der Waals surface area contributed by atoms with E-state index in [2.05, 4.69) is 15.3 Å². The third-order valence-corrected chi connectivity index (χ3v) is 2.59. The molecular formula is C13H15N3O2. The number of anilines is 1. The second-order valence-electron chi connectivity index (χ2n) is 3.54. The Labute approximate surface area is 106 Å². The number of benzene rings is 1. The van der Waals surface area contributed by atoms with Gasteiger partial charge in [0.15, 0.2) is 17.3 Å². The molecule has 0 spiro atoms. The van der Waals surface area contributed by atoms with Crippen molar-refractivity contribution in [3.05, 3.63) is 30.6 Å². The first-order chi connectivity index (χ1) is 8.81. The highest BCUT2D eigenvalue weighted by Gasteiger charge is 2.15. The van der Waals surface area contributed by atoms with Crippen LogP contribution in [-0.2, 0) is 0 Å². The maximum atomic E-state index is 5.40. The molecular weight excluding hydrogens is 230 g/mol. The lowest BCUT2D eigenvalue weighted by Gasteiger charge is -2.13. The van der Waals surface area contributed by atoms with Gasteiger partial charge in [-0.2, -0.15) is 0 Å². The van der Waals surface area contributed by atoms with Gasteiger partial charge >= 0.3 is 0 Å². The number of nitrogens with one attached hydrogen (secondary N) is 1. The van der Waals surface area contributed by atoms with Crippen LogP contribution in [-0.4, -0.2) is 31.2 Å². The minimum atomic E-state index is 0.650. The molecule has 0 atom stereocenters. The lowest BCUT2D eigenvalue weighted by Crippen LogP contribution is -1.99. The third-order valence-electron chi connectivity index (χ3n) is 2.59. The molecule has 0 saturated heterocycles. The molecule has 0 amide bonds. The molecule has 1 aromatic heterocycles. The largest absolute Gasteiger partial charge is 0.493 e. The topological polar surface area (TPSA) is 56.3 Å². The van der Waals surface area contributed by atoms with Crippen molar-refractivity contribution in [3.8, 4) is 22.8 Å². The lowest BCUT2D eigenvalue weighted by atomic mass is 10.1. The number of nitrogens with zero attached hydrogens (tertiary/aromatic N) is 2. The van der Waals surface area contributed by atoms with Gasteiger partial charge < -0.3 is 14.8 Å². The maximum absolute atomic E-state index is 5.40. The van der Waals surface area contributed by atoms with E-state index in [9.17, 15) is 0 Å². The predicted molar refractivity (Wildman–Crippen MR) is 70.1 cm³/mol. The van der Waals surface area contributed by atoms with Crippen molar-refractivity contribution in [2.24, 2.45) is 0 Å². The molecule has 0 aliphatic heterocycles. The summed E-state index contributed by atoms with van der Waals surface area (Å²) in [6.45, 7) is 0. The van der Waals surface area contributed by atoms with Crippen LogP contribution in [0, 0.1) is 0 Å². The normalized spacial score (nSPS) is 9.94. The van der Waals surface area contributed by atoms with Gasteiger partial charge in [0, 0.05) is 25.0 Å². The van der Waals surface area contributed by atoms with Crippen LogP contribution in [0.4, 0.5) is 5.82 Å². The summed E-state index contributed by atoms with van der Waals surface area (Å²) < 4.78 is 10.7. The quantitative estimate of drug-likeness (QED) is 0.895. The van der Waals surface area contributed by atoms with Crippen molar-refractivity contribution in [1.29, 1.82) is 0 Å².